The van der Waals surface area contributed by atoms with Crippen LogP contribution in [0.1, 0.15) is 0 Å². The maximum Gasteiger partial charge on any atom is 0.0357 e. The maximum absolute atomic E-state index is 2.83. The van der Waals surface area contributed by atoms with Crippen molar-refractivity contribution in [1.29, 1.82) is 0 Å². The highest BCUT2D eigenvalue weighted by molar-refractivity contribution is 14.2. The Morgan fingerprint density at radius 1 is 2.00 bits per heavy atom. The molecule has 0 spiro atoms. The Morgan fingerprint density at radius 3 is 2.20 bits per heavy atom. The molecule has 3 unspecified atom stereocenters. The van der Waals surface area contributed by atoms with Gasteiger partial charge in [0.2, 0.25) is 0 Å². The second kappa shape index (κ2) is 4.40. The molecule has 0 rings (SSSR count). The molecule has 0 aliphatic heterocycles. The Kier molecular flexibility index (Phi) is 6.36. The summed E-state index contributed by atoms with van der Waals surface area (Å²) < 4.78 is 0. The van der Waals surface area contributed by atoms with Crippen LogP contribution in [0.25, 0.3) is 0 Å². The molecular weight excluding hydrogens is 248 g/mol. The molecule has 0 radical (unpaired) electrons. The van der Waals surface area contributed by atoms with Crippen LogP contribution in [0.2, 0.25) is 0 Å². The molecule has 32 valence electrons. The van der Waals surface area contributed by atoms with E-state index in [1.165, 1.54) is 17.7 Å². The van der Waals surface area contributed by atoms with Crippen molar-refractivity contribution in [2.24, 2.45) is 0 Å². The third-order valence-corrected chi connectivity index (χ3v) is 25.8. The molecule has 0 aliphatic rings. The molecule has 5 heavy (non-hydrogen) atoms. The molecule has 0 saturated carbocycles. The number of hydrogen-bond donors (Lipinski definition) is 0. The maximum atomic E-state index is 2.83. The summed E-state index contributed by atoms with van der Waals surface area (Å²) in [5.74, 6) is 0. The summed E-state index contributed by atoms with van der Waals surface area (Å²) in [6.45, 7) is 0. The van der Waals surface area contributed by atoms with Crippen LogP contribution in [0.5, 0.6) is 0 Å². The summed E-state index contributed by atoms with van der Waals surface area (Å²) in [5.41, 5.74) is 0. The Morgan fingerprint density at radius 2 is 2.20 bits per heavy atom. The first-order valence-corrected chi connectivity index (χ1v) is 12.2. The normalized spacial score (nSPS) is 18.0. The summed E-state index contributed by atoms with van der Waals surface area (Å²) in [5, 5.41) is 0. The molecule has 0 amide bonds. The molecule has 3 atom stereocenters. The predicted octanol–water partition coefficient (Wildman–Crippen LogP) is 1.48. The minimum absolute atomic E-state index is 0.378. The molecule has 0 nitrogen and oxygen atoms in total. The minimum atomic E-state index is 0.378. The van der Waals surface area contributed by atoms with E-state index >= 15 is 0 Å². The highest BCUT2D eigenvalue weighted by Gasteiger charge is 1.81. The lowest BCUT2D eigenvalue weighted by atomic mass is 27.7. The van der Waals surface area contributed by atoms with Gasteiger partial charge in [0.05, 0.1) is 0 Å². The largest absolute Gasteiger partial charge is 0.105 e. The van der Waals surface area contributed by atoms with Crippen molar-refractivity contribution in [3.8, 4) is 0 Å². The summed E-state index contributed by atoms with van der Waals surface area (Å²) in [4.78, 5) is 0.378. The van der Waals surface area contributed by atoms with Gasteiger partial charge in [0, 0.05) is 9.91 Å². The summed E-state index contributed by atoms with van der Waals surface area (Å²) >= 11 is 2.48. The fraction of sp³-hybridized carbons (Fsp3) is 0. The molecule has 0 aromatic heterocycles. The third-order valence-electron chi connectivity index (χ3n) is 0.214. The lowest BCUT2D eigenvalue weighted by Gasteiger charge is -1.89. The monoisotopic (exact) mass is 254 g/mol. The minimum Gasteiger partial charge on any atom is -0.105 e. The molecule has 0 heterocycles. The van der Waals surface area contributed by atoms with Gasteiger partial charge in [0.1, 0.15) is 0 Å². The summed E-state index contributed by atoms with van der Waals surface area (Å²) in [7, 11) is 5.50. The van der Waals surface area contributed by atoms with E-state index < -0.39 is 0 Å². The van der Waals surface area contributed by atoms with Crippen LogP contribution in [0.15, 0.2) is 0 Å². The van der Waals surface area contributed by atoms with Crippen LogP contribution < -0.4 is 0 Å². The zero-order valence-corrected chi connectivity index (χ0v) is 10.1. The second-order valence-corrected chi connectivity index (χ2v) is 20.5. The molecule has 0 aromatic carbocycles. The van der Waals surface area contributed by atoms with E-state index in [4.69, 9.17) is 0 Å². The zero-order chi connectivity index (χ0) is 4.28. The van der Waals surface area contributed by atoms with Crippen LogP contribution in [0.4, 0.5) is 0 Å². The number of hydrogen-bond acceptors (Lipinski definition) is 0. The average Bonchev–Trinajstić information content (AvgIpc) is 1.38. The molecule has 0 N–H and O–H groups in total. The van der Waals surface area contributed by atoms with Gasteiger partial charge in [-0.05, 0) is 27.0 Å². The van der Waals surface area contributed by atoms with Gasteiger partial charge in [-0.2, -0.15) is 0 Å². The molecule has 5 heteroatoms. The van der Waals surface area contributed by atoms with Crippen LogP contribution >= 0.6 is 43.7 Å². The molecule has 0 fully saturated rings. The summed E-state index contributed by atoms with van der Waals surface area (Å²) in [6, 6.07) is 0. The predicted molar refractivity (Wildman–Crippen MR) is 48.9 cm³/mol. The Balaban J connectivity index is 2.54. The smallest absolute Gasteiger partial charge is 0.0357 e. The van der Waals surface area contributed by atoms with Gasteiger partial charge in [-0.15, -0.1) is 7.82 Å². The summed E-state index contributed by atoms with van der Waals surface area (Å²) in [6.07, 6.45) is 0. The second-order valence-electron chi connectivity index (χ2n) is 0.535. The van der Waals surface area contributed by atoms with Crippen molar-refractivity contribution >= 4 is 53.6 Å². The lowest BCUT2D eigenvalue weighted by Crippen LogP contribution is -1.22. The van der Waals surface area contributed by atoms with Crippen molar-refractivity contribution in [3.63, 3.8) is 0 Å². The highest BCUT2D eigenvalue weighted by atomic mass is 127. The third kappa shape index (κ3) is 6.24. The van der Waals surface area contributed by atoms with Crippen LogP contribution in [-0.4, -0.2) is 9.91 Å². The highest BCUT2D eigenvalue weighted by Crippen LogP contribution is 2.66. The Hall–Kier alpha value is 2.24. The van der Waals surface area contributed by atoms with Gasteiger partial charge in [0.25, 0.3) is 0 Å². The van der Waals surface area contributed by atoms with E-state index in [1.54, 1.807) is 0 Å². The first-order chi connectivity index (χ1) is 2.27. The first-order valence-electron chi connectivity index (χ1n) is 1.15. The van der Waals surface area contributed by atoms with Gasteiger partial charge < -0.3 is 0 Å². The average molecular weight is 254 g/mol. The van der Waals surface area contributed by atoms with Gasteiger partial charge in [-0.1, -0.05) is 8.93 Å². The van der Waals surface area contributed by atoms with Gasteiger partial charge in [0.15, 0.2) is 0 Å². The molecule has 0 bridgehead atoms. The van der Waals surface area contributed by atoms with E-state index in [0.29, 0.717) is 4.94 Å². The molecular formula is H6IP3Si. The van der Waals surface area contributed by atoms with Crippen molar-refractivity contribution in [2.45, 2.75) is 0 Å². The van der Waals surface area contributed by atoms with Crippen molar-refractivity contribution in [1.82, 2.24) is 0 Å². The van der Waals surface area contributed by atoms with Crippen molar-refractivity contribution in [2.75, 3.05) is 0 Å². The van der Waals surface area contributed by atoms with E-state index in [2.05, 4.69) is 31.0 Å². The molecule has 0 aromatic rings. The lowest BCUT2D eigenvalue weighted by molar-refractivity contribution is 4.95. The fourth-order valence-electron chi connectivity index (χ4n) is 0. The standard InChI is InChI=1S/H6IP3Si/c1-4(2)3-5/h3H,2H2,5H3. The van der Waals surface area contributed by atoms with Gasteiger partial charge in [-0.3, -0.25) is 0 Å². The van der Waals surface area contributed by atoms with E-state index in [-0.39, 0.29) is 0 Å². The first kappa shape index (κ1) is 7.24. The van der Waals surface area contributed by atoms with Crippen molar-refractivity contribution < 1.29 is 0 Å². The Bertz CT molecular complexity index is 20.9. The van der Waals surface area contributed by atoms with Crippen molar-refractivity contribution in [3.05, 3.63) is 0 Å². The van der Waals surface area contributed by atoms with Crippen LogP contribution in [-0.2, 0) is 0 Å². The molecule has 0 aliphatic carbocycles. The van der Waals surface area contributed by atoms with E-state index in [0.717, 1.165) is 0 Å². The Labute approximate surface area is 53.5 Å². The quantitative estimate of drug-likeness (QED) is 0.377. The number of halogens is 1. The van der Waals surface area contributed by atoms with Gasteiger partial charge in [-0.25, -0.2) is 0 Å². The topological polar surface area (TPSA) is 0 Å². The fourth-order valence-corrected chi connectivity index (χ4v) is 0. The SMILES string of the molecule is [SiH3]PP(P)I. The van der Waals surface area contributed by atoms with Crippen LogP contribution in [0, 0.1) is 0 Å². The zero-order valence-electron chi connectivity index (χ0n) is 2.90. The van der Waals surface area contributed by atoms with Crippen LogP contribution in [0.3, 0.4) is 0 Å². The molecule has 0 saturated heterocycles. The number of rotatable bonds is 1. The van der Waals surface area contributed by atoms with E-state index in [9.17, 15) is 0 Å². The van der Waals surface area contributed by atoms with E-state index in [1.807, 2.05) is 0 Å². The van der Waals surface area contributed by atoms with Gasteiger partial charge >= 0.3 is 0 Å².